The van der Waals surface area contributed by atoms with Crippen molar-refractivity contribution in [1.29, 1.82) is 0 Å². The van der Waals surface area contributed by atoms with E-state index in [9.17, 15) is 4.79 Å². The quantitative estimate of drug-likeness (QED) is 0.358. The van der Waals surface area contributed by atoms with Crippen molar-refractivity contribution in [3.05, 3.63) is 80.6 Å². The van der Waals surface area contributed by atoms with E-state index in [-0.39, 0.29) is 5.56 Å². The lowest BCUT2D eigenvalue weighted by molar-refractivity contribution is 0.637. The molecule has 0 unspecified atom stereocenters. The zero-order valence-electron chi connectivity index (χ0n) is 15.8. The summed E-state index contributed by atoms with van der Waals surface area (Å²) in [5.41, 5.74) is 1.85. The van der Waals surface area contributed by atoms with Gasteiger partial charge in [0.05, 0.1) is 11.1 Å². The molecule has 4 heterocycles. The first-order chi connectivity index (χ1) is 14.8. The Balaban J connectivity index is 1.33. The van der Waals surface area contributed by atoms with Crippen LogP contribution in [0.15, 0.2) is 69.5 Å². The van der Waals surface area contributed by atoms with Crippen molar-refractivity contribution < 1.29 is 0 Å². The first kappa shape index (κ1) is 19.2. The number of hydrogen-bond acceptors (Lipinski definition) is 7. The number of thioether (sulfide) groups is 1. The molecule has 0 fully saturated rings. The maximum atomic E-state index is 12.8. The predicted molar refractivity (Wildman–Crippen MR) is 123 cm³/mol. The van der Waals surface area contributed by atoms with Gasteiger partial charge in [0.2, 0.25) is 0 Å². The molecule has 1 aromatic carbocycles. The Morgan fingerprint density at radius 1 is 1.10 bits per heavy atom. The SMILES string of the molecule is O=c1[nH]c(CSc2nncn2CCc2cccs2)nc2scc(-c3ccccc3)c12. The van der Waals surface area contributed by atoms with Gasteiger partial charge in [-0.1, -0.05) is 48.2 Å². The molecule has 0 amide bonds. The van der Waals surface area contributed by atoms with Crippen LogP contribution in [0, 0.1) is 0 Å². The van der Waals surface area contributed by atoms with Crippen molar-refractivity contribution in [2.24, 2.45) is 0 Å². The van der Waals surface area contributed by atoms with Gasteiger partial charge in [0.15, 0.2) is 5.16 Å². The average molecular weight is 452 g/mol. The molecule has 0 atom stereocenters. The minimum Gasteiger partial charge on any atom is -0.309 e. The molecule has 4 aromatic heterocycles. The van der Waals surface area contributed by atoms with Crippen molar-refractivity contribution >= 4 is 44.7 Å². The van der Waals surface area contributed by atoms with Crippen LogP contribution in [-0.4, -0.2) is 24.7 Å². The highest BCUT2D eigenvalue weighted by molar-refractivity contribution is 7.98. The fourth-order valence-corrected chi connectivity index (χ4v) is 5.70. The lowest BCUT2D eigenvalue weighted by Gasteiger charge is -2.05. The summed E-state index contributed by atoms with van der Waals surface area (Å²) in [6.45, 7) is 0.824. The molecular weight excluding hydrogens is 434 g/mol. The second-order valence-electron chi connectivity index (χ2n) is 6.63. The molecule has 150 valence electrons. The molecule has 0 aliphatic heterocycles. The highest BCUT2D eigenvalue weighted by Crippen LogP contribution is 2.31. The summed E-state index contributed by atoms with van der Waals surface area (Å²) >= 11 is 4.78. The third-order valence-corrected chi connectivity index (χ3v) is 7.48. The summed E-state index contributed by atoms with van der Waals surface area (Å²) < 4.78 is 2.04. The van der Waals surface area contributed by atoms with Crippen LogP contribution in [0.4, 0.5) is 0 Å². The average Bonchev–Trinajstić information content (AvgIpc) is 3.52. The van der Waals surface area contributed by atoms with Crippen LogP contribution in [0.1, 0.15) is 10.7 Å². The lowest BCUT2D eigenvalue weighted by atomic mass is 10.1. The predicted octanol–water partition coefficient (Wildman–Crippen LogP) is 4.84. The maximum Gasteiger partial charge on any atom is 0.260 e. The Bertz CT molecular complexity index is 1320. The van der Waals surface area contributed by atoms with E-state index in [2.05, 4.69) is 37.7 Å². The number of aryl methyl sites for hydroxylation is 2. The number of hydrogen-bond donors (Lipinski definition) is 1. The number of benzene rings is 1. The van der Waals surface area contributed by atoms with Gasteiger partial charge in [-0.2, -0.15) is 0 Å². The molecule has 0 bridgehead atoms. The molecule has 0 saturated heterocycles. The van der Waals surface area contributed by atoms with Crippen LogP contribution in [0.25, 0.3) is 21.3 Å². The Labute approximate surface area is 184 Å². The van der Waals surface area contributed by atoms with Gasteiger partial charge in [-0.3, -0.25) is 4.79 Å². The van der Waals surface area contributed by atoms with E-state index in [4.69, 9.17) is 0 Å². The van der Waals surface area contributed by atoms with E-state index in [1.165, 1.54) is 28.0 Å². The number of nitrogens with zero attached hydrogens (tertiary/aromatic N) is 4. The standard InChI is InChI=1S/C21H17N5OS3/c27-19-18-16(14-5-2-1-3-6-14)11-29-20(18)24-17(23-19)12-30-21-25-22-13-26(21)9-8-15-7-4-10-28-15/h1-7,10-11,13H,8-9,12H2,(H,23,24,27). The van der Waals surface area contributed by atoms with Crippen molar-refractivity contribution in [1.82, 2.24) is 24.7 Å². The molecule has 1 N–H and O–H groups in total. The molecule has 0 radical (unpaired) electrons. The van der Waals surface area contributed by atoms with E-state index < -0.39 is 0 Å². The third kappa shape index (κ3) is 3.96. The van der Waals surface area contributed by atoms with Gasteiger partial charge in [-0.05, 0) is 23.4 Å². The summed E-state index contributed by atoms with van der Waals surface area (Å²) in [6.07, 6.45) is 2.70. The van der Waals surface area contributed by atoms with Crippen molar-refractivity contribution in [3.8, 4) is 11.1 Å². The van der Waals surface area contributed by atoms with Gasteiger partial charge >= 0.3 is 0 Å². The van der Waals surface area contributed by atoms with Gasteiger partial charge in [-0.25, -0.2) is 4.98 Å². The van der Waals surface area contributed by atoms with Crippen LogP contribution >= 0.6 is 34.4 Å². The largest absolute Gasteiger partial charge is 0.309 e. The Hall–Kier alpha value is -2.75. The molecular formula is C21H17N5OS3. The summed E-state index contributed by atoms with van der Waals surface area (Å²) in [4.78, 5) is 22.5. The minimum absolute atomic E-state index is 0.102. The Morgan fingerprint density at radius 2 is 2.00 bits per heavy atom. The highest BCUT2D eigenvalue weighted by atomic mass is 32.2. The van der Waals surface area contributed by atoms with E-state index in [0.29, 0.717) is 17.0 Å². The summed E-state index contributed by atoms with van der Waals surface area (Å²) in [6, 6.07) is 14.1. The fourth-order valence-electron chi connectivity index (χ4n) is 3.22. The van der Waals surface area contributed by atoms with Gasteiger partial charge in [0.25, 0.3) is 5.56 Å². The molecule has 30 heavy (non-hydrogen) atoms. The molecule has 0 aliphatic rings. The molecule has 5 aromatic rings. The summed E-state index contributed by atoms with van der Waals surface area (Å²) in [7, 11) is 0. The first-order valence-electron chi connectivity index (χ1n) is 9.37. The van der Waals surface area contributed by atoms with E-state index in [1.54, 1.807) is 17.7 Å². The van der Waals surface area contributed by atoms with Crippen LogP contribution in [0.3, 0.4) is 0 Å². The molecule has 9 heteroatoms. The summed E-state index contributed by atoms with van der Waals surface area (Å²) in [5, 5.41) is 13.8. The molecule has 5 rings (SSSR count). The number of H-pyrrole nitrogens is 1. The normalized spacial score (nSPS) is 11.3. The monoisotopic (exact) mass is 451 g/mol. The Morgan fingerprint density at radius 3 is 2.83 bits per heavy atom. The van der Waals surface area contributed by atoms with Crippen LogP contribution in [-0.2, 0) is 18.7 Å². The topological polar surface area (TPSA) is 76.5 Å². The molecule has 0 saturated carbocycles. The lowest BCUT2D eigenvalue weighted by Crippen LogP contribution is -2.11. The number of fused-ring (bicyclic) bond motifs is 1. The Kier molecular flexibility index (Phi) is 5.48. The van der Waals surface area contributed by atoms with Crippen LogP contribution < -0.4 is 5.56 Å². The minimum atomic E-state index is -0.102. The second-order valence-corrected chi connectivity index (χ2v) is 9.47. The molecule has 6 nitrogen and oxygen atoms in total. The smallest absolute Gasteiger partial charge is 0.260 e. The van der Waals surface area contributed by atoms with Crippen LogP contribution in [0.2, 0.25) is 0 Å². The van der Waals surface area contributed by atoms with E-state index in [0.717, 1.165) is 34.1 Å². The van der Waals surface area contributed by atoms with Gasteiger partial charge in [0, 0.05) is 22.4 Å². The van der Waals surface area contributed by atoms with Gasteiger partial charge < -0.3 is 9.55 Å². The number of thiophene rings is 2. The zero-order chi connectivity index (χ0) is 20.3. The van der Waals surface area contributed by atoms with E-state index >= 15 is 0 Å². The second kappa shape index (κ2) is 8.55. The highest BCUT2D eigenvalue weighted by Gasteiger charge is 2.14. The number of nitrogens with one attached hydrogen (secondary N) is 1. The number of aromatic amines is 1. The maximum absolute atomic E-state index is 12.8. The van der Waals surface area contributed by atoms with Crippen molar-refractivity contribution in [3.63, 3.8) is 0 Å². The molecule has 0 aliphatic carbocycles. The molecule has 0 spiro atoms. The van der Waals surface area contributed by atoms with Crippen molar-refractivity contribution in [2.45, 2.75) is 23.9 Å². The fraction of sp³-hybridized carbons (Fsp3) is 0.143. The van der Waals surface area contributed by atoms with Gasteiger partial charge in [0.1, 0.15) is 17.0 Å². The van der Waals surface area contributed by atoms with E-state index in [1.807, 2.05) is 40.3 Å². The number of aromatic nitrogens is 5. The van der Waals surface area contributed by atoms with Crippen molar-refractivity contribution in [2.75, 3.05) is 0 Å². The number of rotatable bonds is 7. The van der Waals surface area contributed by atoms with Gasteiger partial charge in [-0.15, -0.1) is 32.9 Å². The van der Waals surface area contributed by atoms with Crippen LogP contribution in [0.5, 0.6) is 0 Å². The first-order valence-corrected chi connectivity index (χ1v) is 12.1. The third-order valence-electron chi connectivity index (χ3n) is 4.67. The zero-order valence-corrected chi connectivity index (χ0v) is 18.3. The summed E-state index contributed by atoms with van der Waals surface area (Å²) in [5.74, 6) is 1.17.